The molecule has 0 aliphatic heterocycles. The minimum atomic E-state index is -0.291. The third-order valence-electron chi connectivity index (χ3n) is 5.16. The molecule has 3 aromatic carbocycles. The summed E-state index contributed by atoms with van der Waals surface area (Å²) in [7, 11) is 1.59. The van der Waals surface area contributed by atoms with Crippen molar-refractivity contribution in [2.45, 2.75) is 24.7 Å². The molecule has 35 heavy (non-hydrogen) atoms. The maximum Gasteiger partial charge on any atom is 0.214 e. The van der Waals surface area contributed by atoms with Gasteiger partial charge in [-0.1, -0.05) is 64.1 Å². The molecule has 4 aromatic rings. The fourth-order valence-corrected chi connectivity index (χ4v) is 4.63. The van der Waals surface area contributed by atoms with Gasteiger partial charge in [-0.05, 0) is 59.3 Å². The topological polar surface area (TPSA) is 74.1 Å². The molecule has 1 aromatic heterocycles. The van der Waals surface area contributed by atoms with Crippen LogP contribution in [0.3, 0.4) is 0 Å². The molecular formula is C25H25BrFN5O2S. The normalized spacial score (nSPS) is 10.9. The second kappa shape index (κ2) is 12.7. The van der Waals surface area contributed by atoms with Gasteiger partial charge in [-0.15, -0.1) is 5.10 Å². The van der Waals surface area contributed by atoms with Gasteiger partial charge in [0.05, 0.1) is 12.8 Å². The Morgan fingerprint density at radius 3 is 2.63 bits per heavy atom. The Hall–Kier alpha value is -2.95. The average Bonchev–Trinajstić information content (AvgIpc) is 3.35. The van der Waals surface area contributed by atoms with E-state index in [0.29, 0.717) is 23.6 Å². The molecule has 0 unspecified atom stereocenters. The number of hydrogen-bond acceptors (Lipinski definition) is 7. The van der Waals surface area contributed by atoms with E-state index in [0.717, 1.165) is 39.6 Å². The Balaban J connectivity index is 1.25. The van der Waals surface area contributed by atoms with Crippen molar-refractivity contribution in [3.63, 3.8) is 0 Å². The standard InChI is InChI=1S/C25H25BrFN5O2S/c1-33-23-14-19(21(26)15-24(23)34-17-18-8-5-6-11-22(18)27)16-28-12-7-13-35-25-29-30-31-32(25)20-9-3-2-4-10-20/h2-6,8-11,14-15,28H,7,12-13,16-17H2,1H3. The third-order valence-corrected chi connectivity index (χ3v) is 6.90. The first-order valence-electron chi connectivity index (χ1n) is 11.1. The monoisotopic (exact) mass is 557 g/mol. The number of ether oxygens (including phenoxy) is 2. The van der Waals surface area contributed by atoms with Gasteiger partial charge in [0.25, 0.3) is 0 Å². The van der Waals surface area contributed by atoms with Crippen LogP contribution in [0.15, 0.2) is 76.4 Å². The van der Waals surface area contributed by atoms with Crippen LogP contribution in [0.25, 0.3) is 5.69 Å². The van der Waals surface area contributed by atoms with Crippen molar-refractivity contribution in [3.8, 4) is 17.2 Å². The molecule has 0 aliphatic carbocycles. The molecular weight excluding hydrogens is 533 g/mol. The molecule has 4 rings (SSSR count). The molecule has 0 bridgehead atoms. The van der Waals surface area contributed by atoms with Crippen molar-refractivity contribution in [2.24, 2.45) is 0 Å². The van der Waals surface area contributed by atoms with Crippen molar-refractivity contribution < 1.29 is 13.9 Å². The zero-order valence-corrected chi connectivity index (χ0v) is 21.6. The van der Waals surface area contributed by atoms with Crippen LogP contribution in [-0.2, 0) is 13.2 Å². The van der Waals surface area contributed by atoms with Crippen LogP contribution in [0.4, 0.5) is 4.39 Å². The number of thioether (sulfide) groups is 1. The van der Waals surface area contributed by atoms with Gasteiger partial charge in [-0.3, -0.25) is 0 Å². The predicted octanol–water partition coefficient (Wildman–Crippen LogP) is 5.42. The minimum Gasteiger partial charge on any atom is -0.493 e. The Kier molecular flexibility index (Phi) is 9.10. The first kappa shape index (κ1) is 25.2. The molecule has 1 N–H and O–H groups in total. The van der Waals surface area contributed by atoms with E-state index < -0.39 is 0 Å². The van der Waals surface area contributed by atoms with Crippen LogP contribution in [0, 0.1) is 5.82 Å². The highest BCUT2D eigenvalue weighted by Gasteiger charge is 2.12. The van der Waals surface area contributed by atoms with Crippen LogP contribution < -0.4 is 14.8 Å². The van der Waals surface area contributed by atoms with Gasteiger partial charge >= 0.3 is 0 Å². The zero-order valence-electron chi connectivity index (χ0n) is 19.2. The Morgan fingerprint density at radius 1 is 1.03 bits per heavy atom. The van der Waals surface area contributed by atoms with Crippen molar-refractivity contribution in [2.75, 3.05) is 19.4 Å². The number of rotatable bonds is 12. The smallest absolute Gasteiger partial charge is 0.214 e. The number of methoxy groups -OCH3 is 1. The van der Waals surface area contributed by atoms with Crippen molar-refractivity contribution >= 4 is 27.7 Å². The second-order valence-corrected chi connectivity index (χ2v) is 9.48. The van der Waals surface area contributed by atoms with E-state index in [4.69, 9.17) is 9.47 Å². The summed E-state index contributed by atoms with van der Waals surface area (Å²) in [4.78, 5) is 0. The van der Waals surface area contributed by atoms with Crippen LogP contribution in [-0.4, -0.2) is 39.6 Å². The Bertz CT molecular complexity index is 1240. The number of nitrogens with zero attached hydrogens (tertiary/aromatic N) is 4. The van der Waals surface area contributed by atoms with E-state index in [2.05, 4.69) is 36.8 Å². The highest BCUT2D eigenvalue weighted by atomic mass is 79.9. The van der Waals surface area contributed by atoms with E-state index in [1.54, 1.807) is 41.8 Å². The summed E-state index contributed by atoms with van der Waals surface area (Å²) < 4.78 is 27.9. The maximum atomic E-state index is 13.9. The largest absolute Gasteiger partial charge is 0.493 e. The van der Waals surface area contributed by atoms with Gasteiger partial charge in [0.15, 0.2) is 11.5 Å². The first-order valence-corrected chi connectivity index (χ1v) is 12.8. The highest BCUT2D eigenvalue weighted by Crippen LogP contribution is 2.34. The first-order chi connectivity index (χ1) is 17.2. The lowest BCUT2D eigenvalue weighted by Crippen LogP contribution is -2.16. The van der Waals surface area contributed by atoms with Gasteiger partial charge in [-0.25, -0.2) is 4.39 Å². The van der Waals surface area contributed by atoms with E-state index in [1.165, 1.54) is 6.07 Å². The summed E-state index contributed by atoms with van der Waals surface area (Å²) >= 11 is 5.24. The molecule has 0 atom stereocenters. The van der Waals surface area contributed by atoms with Gasteiger partial charge in [-0.2, -0.15) is 4.68 Å². The average molecular weight is 558 g/mol. The number of halogens is 2. The quantitative estimate of drug-likeness (QED) is 0.184. The highest BCUT2D eigenvalue weighted by molar-refractivity contribution is 9.10. The molecule has 0 spiro atoms. The van der Waals surface area contributed by atoms with Gasteiger partial charge < -0.3 is 14.8 Å². The summed E-state index contributed by atoms with van der Waals surface area (Å²) in [6, 6.07) is 20.2. The molecule has 10 heteroatoms. The second-order valence-electron chi connectivity index (χ2n) is 7.56. The van der Waals surface area contributed by atoms with Gasteiger partial charge in [0, 0.05) is 22.3 Å². The summed E-state index contributed by atoms with van der Waals surface area (Å²) in [5, 5.41) is 16.2. The van der Waals surface area contributed by atoms with E-state index >= 15 is 0 Å². The summed E-state index contributed by atoms with van der Waals surface area (Å²) in [6.07, 6.45) is 0.949. The number of hydrogen-bond donors (Lipinski definition) is 1. The number of aromatic nitrogens is 4. The lowest BCUT2D eigenvalue weighted by molar-refractivity contribution is 0.279. The maximum absolute atomic E-state index is 13.9. The SMILES string of the molecule is COc1cc(CNCCCSc2nnnn2-c2ccccc2)c(Br)cc1OCc1ccccc1F. The van der Waals surface area contributed by atoms with Gasteiger partial charge in [0.2, 0.25) is 5.16 Å². The van der Waals surface area contributed by atoms with Crippen molar-refractivity contribution in [3.05, 3.63) is 88.1 Å². The van der Waals surface area contributed by atoms with E-state index in [-0.39, 0.29) is 12.4 Å². The molecule has 0 radical (unpaired) electrons. The molecule has 0 fully saturated rings. The molecule has 0 aliphatic rings. The summed E-state index contributed by atoms with van der Waals surface area (Å²) in [5.41, 5.74) is 2.48. The lowest BCUT2D eigenvalue weighted by Gasteiger charge is -2.15. The summed E-state index contributed by atoms with van der Waals surface area (Å²) in [5.74, 6) is 1.75. The lowest BCUT2D eigenvalue weighted by atomic mass is 10.2. The Morgan fingerprint density at radius 2 is 1.83 bits per heavy atom. The van der Waals surface area contributed by atoms with Crippen LogP contribution in [0.2, 0.25) is 0 Å². The minimum absolute atomic E-state index is 0.123. The van der Waals surface area contributed by atoms with E-state index in [1.807, 2.05) is 42.5 Å². The molecule has 7 nitrogen and oxygen atoms in total. The van der Waals surface area contributed by atoms with Crippen LogP contribution in [0.1, 0.15) is 17.5 Å². The number of para-hydroxylation sites is 1. The molecule has 182 valence electrons. The third kappa shape index (κ3) is 6.81. The molecule has 1 heterocycles. The van der Waals surface area contributed by atoms with Crippen LogP contribution in [0.5, 0.6) is 11.5 Å². The zero-order chi connectivity index (χ0) is 24.5. The fraction of sp³-hybridized carbons (Fsp3) is 0.240. The molecule has 0 saturated heterocycles. The fourth-order valence-electron chi connectivity index (χ4n) is 3.34. The molecule has 0 saturated carbocycles. The van der Waals surface area contributed by atoms with E-state index in [9.17, 15) is 4.39 Å². The van der Waals surface area contributed by atoms with Crippen molar-refractivity contribution in [1.29, 1.82) is 0 Å². The van der Waals surface area contributed by atoms with Gasteiger partial charge in [0.1, 0.15) is 12.4 Å². The Labute approximate surface area is 216 Å². The summed E-state index contributed by atoms with van der Waals surface area (Å²) in [6.45, 7) is 1.62. The number of nitrogens with one attached hydrogen (secondary N) is 1. The molecule has 0 amide bonds. The number of benzene rings is 3. The number of tetrazole rings is 1. The predicted molar refractivity (Wildman–Crippen MR) is 138 cm³/mol. The van der Waals surface area contributed by atoms with Crippen molar-refractivity contribution in [1.82, 2.24) is 25.5 Å². The van der Waals surface area contributed by atoms with Crippen LogP contribution >= 0.6 is 27.7 Å².